The number of hydrogen-bond acceptors (Lipinski definition) is 4. The van der Waals surface area contributed by atoms with Gasteiger partial charge in [0, 0.05) is 27.3 Å². The lowest BCUT2D eigenvalue weighted by atomic mass is 10.2. The Morgan fingerprint density at radius 2 is 2.12 bits per heavy atom. The van der Waals surface area contributed by atoms with Crippen LogP contribution < -0.4 is 10.1 Å². The fourth-order valence-corrected chi connectivity index (χ4v) is 3.08. The number of rotatable bonds is 7. The van der Waals surface area contributed by atoms with E-state index < -0.39 is 0 Å². The van der Waals surface area contributed by atoms with Crippen molar-refractivity contribution in [2.45, 2.75) is 26.2 Å². The molecule has 0 radical (unpaired) electrons. The molecule has 7 heteroatoms. The van der Waals surface area contributed by atoms with Crippen LogP contribution in [0.5, 0.6) is 11.5 Å². The molecule has 2 aromatic carbocycles. The number of unbranched alkanes of at least 4 members (excludes halogenated alkanes) is 1. The van der Waals surface area contributed by atoms with Crippen LogP contribution in [0.2, 0.25) is 0 Å². The summed E-state index contributed by atoms with van der Waals surface area (Å²) in [6, 6.07) is 8.90. The SMILES string of the molecule is CCCCC(=O)Nc1cccc(N=Cc2c(O)c(OC)cc(Br)c2Br)c1. The predicted molar refractivity (Wildman–Crippen MR) is 112 cm³/mol. The first-order chi connectivity index (χ1) is 12.5. The monoisotopic (exact) mass is 482 g/mol. The Labute approximate surface area is 169 Å². The van der Waals surface area contributed by atoms with Gasteiger partial charge in [0.1, 0.15) is 0 Å². The summed E-state index contributed by atoms with van der Waals surface area (Å²) in [5.74, 6) is 0.332. The minimum atomic E-state index is -0.00917. The Kier molecular flexibility index (Phi) is 7.66. The van der Waals surface area contributed by atoms with Crippen LogP contribution in [0.1, 0.15) is 31.7 Å². The smallest absolute Gasteiger partial charge is 0.224 e. The molecule has 138 valence electrons. The van der Waals surface area contributed by atoms with Gasteiger partial charge in [0.05, 0.1) is 18.4 Å². The minimum Gasteiger partial charge on any atom is -0.504 e. The van der Waals surface area contributed by atoms with Gasteiger partial charge in [-0.15, -0.1) is 0 Å². The molecule has 0 fully saturated rings. The number of hydrogen-bond donors (Lipinski definition) is 2. The maximum Gasteiger partial charge on any atom is 0.224 e. The number of anilines is 1. The average molecular weight is 484 g/mol. The minimum absolute atomic E-state index is 0.00431. The zero-order valence-corrected chi connectivity index (χ0v) is 17.7. The highest BCUT2D eigenvalue weighted by atomic mass is 79.9. The van der Waals surface area contributed by atoms with Gasteiger partial charge in [-0.05, 0) is 62.5 Å². The molecule has 2 aromatic rings. The number of amides is 1. The number of benzene rings is 2. The van der Waals surface area contributed by atoms with Crippen molar-refractivity contribution in [2.75, 3.05) is 12.4 Å². The van der Waals surface area contributed by atoms with Crippen molar-refractivity contribution < 1.29 is 14.6 Å². The molecule has 0 saturated heterocycles. The Balaban J connectivity index is 2.23. The fraction of sp³-hybridized carbons (Fsp3) is 0.263. The summed E-state index contributed by atoms with van der Waals surface area (Å²) < 4.78 is 6.57. The van der Waals surface area contributed by atoms with Crippen molar-refractivity contribution >= 4 is 55.4 Å². The van der Waals surface area contributed by atoms with Gasteiger partial charge in [0.15, 0.2) is 11.5 Å². The summed E-state index contributed by atoms with van der Waals surface area (Å²) in [7, 11) is 1.49. The highest BCUT2D eigenvalue weighted by Gasteiger charge is 2.14. The molecule has 0 spiro atoms. The van der Waals surface area contributed by atoms with Crippen molar-refractivity contribution in [3.05, 3.63) is 44.8 Å². The van der Waals surface area contributed by atoms with E-state index in [2.05, 4.69) is 42.2 Å². The van der Waals surface area contributed by atoms with E-state index in [0.29, 0.717) is 33.6 Å². The van der Waals surface area contributed by atoms with Gasteiger partial charge in [-0.1, -0.05) is 19.4 Å². The van der Waals surface area contributed by atoms with Gasteiger partial charge in [0.25, 0.3) is 0 Å². The average Bonchev–Trinajstić information content (AvgIpc) is 2.63. The summed E-state index contributed by atoms with van der Waals surface area (Å²) >= 11 is 6.84. The molecule has 0 aliphatic heterocycles. The molecule has 0 heterocycles. The van der Waals surface area contributed by atoms with E-state index in [1.54, 1.807) is 18.3 Å². The zero-order chi connectivity index (χ0) is 19.1. The van der Waals surface area contributed by atoms with E-state index in [1.807, 2.05) is 25.1 Å². The Morgan fingerprint density at radius 3 is 2.81 bits per heavy atom. The van der Waals surface area contributed by atoms with Crippen LogP contribution in [0.3, 0.4) is 0 Å². The van der Waals surface area contributed by atoms with Crippen LogP contribution in [0.25, 0.3) is 0 Å². The summed E-state index contributed by atoms with van der Waals surface area (Å²) in [6.45, 7) is 2.05. The number of nitrogens with zero attached hydrogens (tertiary/aromatic N) is 1. The van der Waals surface area contributed by atoms with Crippen molar-refractivity contribution in [3.63, 3.8) is 0 Å². The van der Waals surface area contributed by atoms with Crippen molar-refractivity contribution in [1.29, 1.82) is 0 Å². The normalized spacial score (nSPS) is 10.9. The molecule has 0 aromatic heterocycles. The Morgan fingerprint density at radius 1 is 1.35 bits per heavy atom. The number of carbonyl (C=O) groups excluding carboxylic acids is 1. The lowest BCUT2D eigenvalue weighted by Gasteiger charge is -2.10. The number of carbonyl (C=O) groups is 1. The second-order valence-corrected chi connectivity index (χ2v) is 7.24. The maximum atomic E-state index is 11.9. The summed E-state index contributed by atoms with van der Waals surface area (Å²) in [5, 5.41) is 13.2. The second kappa shape index (κ2) is 9.73. The molecule has 0 aliphatic carbocycles. The van der Waals surface area contributed by atoms with Crippen LogP contribution in [0.4, 0.5) is 11.4 Å². The molecular weight excluding hydrogens is 464 g/mol. The molecule has 0 saturated carbocycles. The highest BCUT2D eigenvalue weighted by molar-refractivity contribution is 9.13. The standard InChI is InChI=1S/C19H20Br2N2O3/c1-3-4-8-17(24)23-13-7-5-6-12(9-13)22-11-14-18(21)15(20)10-16(26-2)19(14)25/h5-7,9-11,25H,3-4,8H2,1-2H3,(H,23,24). The van der Waals surface area contributed by atoms with Crippen LogP contribution >= 0.6 is 31.9 Å². The molecule has 26 heavy (non-hydrogen) atoms. The first-order valence-corrected chi connectivity index (χ1v) is 9.73. The molecule has 1 amide bonds. The lowest BCUT2D eigenvalue weighted by Crippen LogP contribution is -2.10. The van der Waals surface area contributed by atoms with Gasteiger partial charge in [-0.25, -0.2) is 0 Å². The molecular formula is C19H20Br2N2O3. The van der Waals surface area contributed by atoms with Gasteiger partial charge in [0.2, 0.25) is 5.91 Å². The van der Waals surface area contributed by atoms with Gasteiger partial charge in [-0.3, -0.25) is 9.79 Å². The topological polar surface area (TPSA) is 70.9 Å². The molecule has 0 aliphatic rings. The van der Waals surface area contributed by atoms with Crippen LogP contribution in [0.15, 0.2) is 44.3 Å². The predicted octanol–water partition coefficient (Wildman–Crippen LogP) is 5.81. The number of phenols is 1. The van der Waals surface area contributed by atoms with Crippen molar-refractivity contribution in [2.24, 2.45) is 4.99 Å². The largest absolute Gasteiger partial charge is 0.504 e. The van der Waals surface area contributed by atoms with E-state index in [9.17, 15) is 9.90 Å². The molecule has 2 rings (SSSR count). The maximum absolute atomic E-state index is 11.9. The number of aliphatic imine (C=N–C) groups is 1. The molecule has 5 nitrogen and oxygen atoms in total. The third-order valence-electron chi connectivity index (χ3n) is 3.64. The third kappa shape index (κ3) is 5.32. The number of phenolic OH excluding ortho intramolecular Hbond substituents is 1. The molecule has 2 N–H and O–H groups in total. The van der Waals surface area contributed by atoms with Gasteiger partial charge < -0.3 is 15.2 Å². The van der Waals surface area contributed by atoms with Crippen molar-refractivity contribution in [3.8, 4) is 11.5 Å². The fourth-order valence-electron chi connectivity index (χ4n) is 2.25. The van der Waals surface area contributed by atoms with E-state index in [4.69, 9.17) is 4.74 Å². The molecule has 0 bridgehead atoms. The summed E-state index contributed by atoms with van der Waals surface area (Å²) in [6.07, 6.45) is 3.89. The van der Waals surface area contributed by atoms with Crippen molar-refractivity contribution in [1.82, 2.24) is 0 Å². The number of halogens is 2. The summed E-state index contributed by atoms with van der Waals surface area (Å²) in [4.78, 5) is 16.3. The first-order valence-electron chi connectivity index (χ1n) is 8.15. The second-order valence-electron chi connectivity index (χ2n) is 5.60. The zero-order valence-electron chi connectivity index (χ0n) is 14.6. The first kappa shape index (κ1) is 20.5. The molecule has 0 atom stereocenters. The third-order valence-corrected chi connectivity index (χ3v) is 5.65. The number of aromatic hydroxyl groups is 1. The Hall–Kier alpha value is -1.86. The van der Waals surface area contributed by atoms with Crippen LogP contribution in [0, 0.1) is 0 Å². The van der Waals surface area contributed by atoms with E-state index in [-0.39, 0.29) is 11.7 Å². The van der Waals surface area contributed by atoms with Crippen LogP contribution in [-0.2, 0) is 4.79 Å². The number of methoxy groups -OCH3 is 1. The highest BCUT2D eigenvalue weighted by Crippen LogP contribution is 2.39. The van der Waals surface area contributed by atoms with E-state index in [1.165, 1.54) is 7.11 Å². The Bertz CT molecular complexity index is 823. The van der Waals surface area contributed by atoms with Gasteiger partial charge >= 0.3 is 0 Å². The van der Waals surface area contributed by atoms with E-state index >= 15 is 0 Å². The van der Waals surface area contributed by atoms with Gasteiger partial charge in [-0.2, -0.15) is 0 Å². The quantitative estimate of drug-likeness (QED) is 0.488. The van der Waals surface area contributed by atoms with Crippen LogP contribution in [-0.4, -0.2) is 24.3 Å². The lowest BCUT2D eigenvalue weighted by molar-refractivity contribution is -0.116. The van der Waals surface area contributed by atoms with E-state index in [0.717, 1.165) is 17.3 Å². The number of ether oxygens (including phenoxy) is 1. The number of nitrogens with one attached hydrogen (secondary N) is 1. The molecule has 0 unspecified atom stereocenters. The summed E-state index contributed by atoms with van der Waals surface area (Å²) in [5.41, 5.74) is 1.84.